The van der Waals surface area contributed by atoms with Gasteiger partial charge in [0.15, 0.2) is 0 Å². The molecule has 0 saturated heterocycles. The Kier molecular flexibility index (Phi) is 5.68. The molecule has 1 heterocycles. The van der Waals surface area contributed by atoms with Crippen molar-refractivity contribution < 1.29 is 12.8 Å². The molecular weight excluding hydrogens is 317 g/mol. The molecule has 1 aromatic carbocycles. The number of anilines is 1. The third-order valence-electron chi connectivity index (χ3n) is 3.45. The molecule has 2 rings (SSSR count). The van der Waals surface area contributed by atoms with Gasteiger partial charge in [-0.05, 0) is 43.2 Å². The van der Waals surface area contributed by atoms with E-state index in [1.807, 2.05) is 19.1 Å². The molecule has 0 radical (unpaired) electrons. The van der Waals surface area contributed by atoms with Crippen LogP contribution >= 0.6 is 0 Å². The number of benzene rings is 1. The molecule has 0 saturated carbocycles. The fourth-order valence-corrected chi connectivity index (χ4v) is 3.02. The van der Waals surface area contributed by atoms with Gasteiger partial charge >= 0.3 is 0 Å². The highest BCUT2D eigenvalue weighted by molar-refractivity contribution is 7.92. The molecule has 0 amide bonds. The zero-order chi connectivity index (χ0) is 16.9. The van der Waals surface area contributed by atoms with Gasteiger partial charge in [0.1, 0.15) is 5.82 Å². The van der Waals surface area contributed by atoms with Crippen LogP contribution in [0.1, 0.15) is 24.1 Å². The molecule has 7 heteroatoms. The number of pyridine rings is 1. The van der Waals surface area contributed by atoms with Crippen LogP contribution in [0.4, 0.5) is 10.1 Å². The lowest BCUT2D eigenvalue weighted by atomic mass is 10.1. The number of aryl methyl sites for hydroxylation is 1. The van der Waals surface area contributed by atoms with Crippen LogP contribution in [0.15, 0.2) is 42.7 Å². The Hall–Kier alpha value is -1.99. The third kappa shape index (κ3) is 5.30. The summed E-state index contributed by atoms with van der Waals surface area (Å²) < 4.78 is 39.9. The van der Waals surface area contributed by atoms with E-state index in [-0.39, 0.29) is 24.0 Å². The monoisotopic (exact) mass is 337 g/mol. The first-order valence-corrected chi connectivity index (χ1v) is 8.92. The molecule has 0 unspecified atom stereocenters. The second-order valence-corrected chi connectivity index (χ2v) is 7.19. The highest BCUT2D eigenvalue weighted by atomic mass is 32.2. The van der Waals surface area contributed by atoms with Crippen molar-refractivity contribution in [3.05, 3.63) is 59.7 Å². The van der Waals surface area contributed by atoms with Crippen LogP contribution < -0.4 is 10.0 Å². The molecule has 2 N–H and O–H groups in total. The summed E-state index contributed by atoms with van der Waals surface area (Å²) in [5.41, 5.74) is 1.69. The van der Waals surface area contributed by atoms with Gasteiger partial charge in [0.05, 0.1) is 11.4 Å². The Balaban J connectivity index is 1.87. The Bertz CT molecular complexity index is 751. The molecule has 1 atom stereocenters. The Labute approximate surface area is 136 Å². The van der Waals surface area contributed by atoms with Crippen molar-refractivity contribution >= 4 is 15.7 Å². The lowest BCUT2D eigenvalue weighted by Gasteiger charge is -2.14. The normalized spacial score (nSPS) is 12.8. The quantitative estimate of drug-likeness (QED) is 0.815. The first kappa shape index (κ1) is 17.4. The summed E-state index contributed by atoms with van der Waals surface area (Å²) >= 11 is 0. The molecule has 0 fully saturated rings. The highest BCUT2D eigenvalue weighted by Gasteiger charge is 2.12. The second-order valence-electron chi connectivity index (χ2n) is 5.35. The third-order valence-corrected chi connectivity index (χ3v) is 4.74. The number of halogens is 1. The van der Waals surface area contributed by atoms with Crippen LogP contribution in [0.5, 0.6) is 0 Å². The van der Waals surface area contributed by atoms with E-state index in [2.05, 4.69) is 15.0 Å². The van der Waals surface area contributed by atoms with Crippen molar-refractivity contribution in [2.45, 2.75) is 19.9 Å². The second kappa shape index (κ2) is 7.52. The standard InChI is InChI=1S/C16H20FN3O2S/c1-12-5-6-15(10-16(12)17)20-23(21,22)9-8-19-13(2)14-4-3-7-18-11-14/h3-7,10-11,13,19-20H,8-9H2,1-2H3/t13-/m0/s1. The summed E-state index contributed by atoms with van der Waals surface area (Å²) in [5.74, 6) is -0.541. The average Bonchev–Trinajstić information content (AvgIpc) is 2.51. The molecular formula is C16H20FN3O2S. The summed E-state index contributed by atoms with van der Waals surface area (Å²) in [5, 5.41) is 3.13. The van der Waals surface area contributed by atoms with Crippen molar-refractivity contribution in [2.75, 3.05) is 17.0 Å². The van der Waals surface area contributed by atoms with Gasteiger partial charge in [0.2, 0.25) is 10.0 Å². The summed E-state index contributed by atoms with van der Waals surface area (Å²) in [6, 6.07) is 8.01. The van der Waals surface area contributed by atoms with Gasteiger partial charge < -0.3 is 5.32 Å². The van der Waals surface area contributed by atoms with Crippen LogP contribution in [-0.2, 0) is 10.0 Å². The summed E-state index contributed by atoms with van der Waals surface area (Å²) in [6.07, 6.45) is 3.42. The van der Waals surface area contributed by atoms with Gasteiger partial charge in [-0.1, -0.05) is 12.1 Å². The van der Waals surface area contributed by atoms with Crippen LogP contribution in [-0.4, -0.2) is 25.7 Å². The zero-order valence-corrected chi connectivity index (χ0v) is 13.9. The number of sulfonamides is 1. The van der Waals surface area contributed by atoms with E-state index >= 15 is 0 Å². The van der Waals surface area contributed by atoms with Gasteiger partial charge in [-0.3, -0.25) is 9.71 Å². The van der Waals surface area contributed by atoms with E-state index in [0.29, 0.717) is 5.56 Å². The van der Waals surface area contributed by atoms with Gasteiger partial charge in [-0.25, -0.2) is 12.8 Å². The van der Waals surface area contributed by atoms with E-state index in [0.717, 1.165) is 5.56 Å². The molecule has 0 aliphatic rings. The molecule has 0 aliphatic carbocycles. The Morgan fingerprint density at radius 3 is 2.74 bits per heavy atom. The maximum absolute atomic E-state index is 13.4. The van der Waals surface area contributed by atoms with Crippen molar-refractivity contribution in [3.8, 4) is 0 Å². The fourth-order valence-electron chi connectivity index (χ4n) is 2.05. The number of aromatic nitrogens is 1. The van der Waals surface area contributed by atoms with E-state index < -0.39 is 15.8 Å². The molecule has 2 aromatic rings. The van der Waals surface area contributed by atoms with Crippen molar-refractivity contribution in [1.82, 2.24) is 10.3 Å². The van der Waals surface area contributed by atoms with E-state index in [1.165, 1.54) is 12.1 Å². The largest absolute Gasteiger partial charge is 0.309 e. The average molecular weight is 337 g/mol. The van der Waals surface area contributed by atoms with Gasteiger partial charge in [-0.15, -0.1) is 0 Å². The minimum absolute atomic E-state index is 0.00396. The Morgan fingerprint density at radius 2 is 2.09 bits per heavy atom. The number of hydrogen-bond donors (Lipinski definition) is 2. The van der Waals surface area contributed by atoms with Crippen LogP contribution in [0.3, 0.4) is 0 Å². The maximum atomic E-state index is 13.4. The van der Waals surface area contributed by atoms with Crippen LogP contribution in [0.2, 0.25) is 0 Å². The SMILES string of the molecule is Cc1ccc(NS(=O)(=O)CCN[C@@H](C)c2cccnc2)cc1F. The van der Waals surface area contributed by atoms with Gasteiger partial charge in [0, 0.05) is 25.0 Å². The lowest BCUT2D eigenvalue weighted by Crippen LogP contribution is -2.28. The molecule has 0 spiro atoms. The smallest absolute Gasteiger partial charge is 0.233 e. The van der Waals surface area contributed by atoms with Crippen molar-refractivity contribution in [1.29, 1.82) is 0 Å². The van der Waals surface area contributed by atoms with Crippen LogP contribution in [0, 0.1) is 12.7 Å². The van der Waals surface area contributed by atoms with Gasteiger partial charge in [0.25, 0.3) is 0 Å². The Morgan fingerprint density at radius 1 is 1.30 bits per heavy atom. The summed E-state index contributed by atoms with van der Waals surface area (Å²) in [4.78, 5) is 4.03. The number of rotatable bonds is 7. The van der Waals surface area contributed by atoms with Crippen molar-refractivity contribution in [3.63, 3.8) is 0 Å². The molecule has 23 heavy (non-hydrogen) atoms. The topological polar surface area (TPSA) is 71.1 Å². The minimum Gasteiger partial charge on any atom is -0.309 e. The molecule has 5 nitrogen and oxygen atoms in total. The predicted octanol–water partition coefficient (Wildman–Crippen LogP) is 2.62. The number of nitrogens with zero attached hydrogens (tertiary/aromatic N) is 1. The maximum Gasteiger partial charge on any atom is 0.233 e. The van der Waals surface area contributed by atoms with E-state index in [9.17, 15) is 12.8 Å². The zero-order valence-electron chi connectivity index (χ0n) is 13.1. The fraction of sp³-hybridized carbons (Fsp3) is 0.312. The summed E-state index contributed by atoms with van der Waals surface area (Å²) in [7, 11) is -3.54. The first-order chi connectivity index (χ1) is 10.9. The molecule has 0 aliphatic heterocycles. The molecule has 0 bridgehead atoms. The number of nitrogens with one attached hydrogen (secondary N) is 2. The van der Waals surface area contributed by atoms with Crippen LogP contribution in [0.25, 0.3) is 0 Å². The molecule has 1 aromatic heterocycles. The first-order valence-electron chi connectivity index (χ1n) is 7.27. The predicted molar refractivity (Wildman–Crippen MR) is 89.2 cm³/mol. The summed E-state index contributed by atoms with van der Waals surface area (Å²) in [6.45, 7) is 3.84. The van der Waals surface area contributed by atoms with Gasteiger partial charge in [-0.2, -0.15) is 0 Å². The van der Waals surface area contributed by atoms with E-state index in [1.54, 1.807) is 25.4 Å². The van der Waals surface area contributed by atoms with E-state index in [4.69, 9.17) is 0 Å². The minimum atomic E-state index is -3.54. The van der Waals surface area contributed by atoms with Crippen molar-refractivity contribution in [2.24, 2.45) is 0 Å². The molecule has 124 valence electrons. The lowest BCUT2D eigenvalue weighted by molar-refractivity contribution is 0.574. The highest BCUT2D eigenvalue weighted by Crippen LogP contribution is 2.15. The number of hydrogen-bond acceptors (Lipinski definition) is 4.